The molecular weight excluding hydrogens is 276 g/mol. The molecule has 6 heteroatoms. The molecule has 20 heavy (non-hydrogen) atoms. The number of nitrogens with zero attached hydrogens (tertiary/aromatic N) is 3. The molecule has 0 aliphatic carbocycles. The van der Waals surface area contributed by atoms with Gasteiger partial charge in [-0.3, -0.25) is 4.57 Å². The van der Waals surface area contributed by atoms with Gasteiger partial charge in [-0.15, -0.1) is 0 Å². The topological polar surface area (TPSA) is 51.9 Å². The molecule has 1 aliphatic rings. The minimum atomic E-state index is 0.00703. The van der Waals surface area contributed by atoms with Crippen molar-refractivity contribution >= 4 is 17.3 Å². The summed E-state index contributed by atoms with van der Waals surface area (Å²) in [6.45, 7) is 2.01. The van der Waals surface area contributed by atoms with Crippen molar-refractivity contribution in [2.75, 3.05) is 11.9 Å². The first kappa shape index (κ1) is 13.2. The van der Waals surface area contributed by atoms with Gasteiger partial charge in [-0.25, -0.2) is 9.48 Å². The maximum Gasteiger partial charge on any atom is 0.345 e. The zero-order chi connectivity index (χ0) is 13.9. The molecule has 0 unspecified atom stereocenters. The maximum atomic E-state index is 12.1. The second kappa shape index (κ2) is 5.71. The molecule has 0 spiro atoms. The summed E-state index contributed by atoms with van der Waals surface area (Å²) in [5.41, 5.74) is 0.960. The van der Waals surface area contributed by atoms with Crippen LogP contribution < -0.4 is 11.0 Å². The van der Waals surface area contributed by atoms with E-state index in [2.05, 4.69) is 10.4 Å². The van der Waals surface area contributed by atoms with Gasteiger partial charge in [-0.1, -0.05) is 17.7 Å². The first-order valence-corrected chi connectivity index (χ1v) is 7.28. The van der Waals surface area contributed by atoms with Gasteiger partial charge >= 0.3 is 5.69 Å². The van der Waals surface area contributed by atoms with Gasteiger partial charge in [0.05, 0.1) is 6.54 Å². The number of rotatable bonds is 4. The normalized spacial score (nSPS) is 14.1. The lowest BCUT2D eigenvalue weighted by Crippen LogP contribution is -2.28. The SMILES string of the molecule is O=c1n(CCNc2cccc(Cl)c2)nc2n1CCCC2. The molecule has 1 aliphatic heterocycles. The molecule has 0 radical (unpaired) electrons. The molecule has 0 atom stereocenters. The molecule has 0 bridgehead atoms. The summed E-state index contributed by atoms with van der Waals surface area (Å²) in [7, 11) is 0. The number of hydrogen-bond donors (Lipinski definition) is 1. The fraction of sp³-hybridized carbons (Fsp3) is 0.429. The molecule has 0 saturated carbocycles. The van der Waals surface area contributed by atoms with Crippen LogP contribution >= 0.6 is 11.6 Å². The van der Waals surface area contributed by atoms with Gasteiger partial charge < -0.3 is 5.32 Å². The minimum absolute atomic E-state index is 0.00703. The highest BCUT2D eigenvalue weighted by molar-refractivity contribution is 6.30. The summed E-state index contributed by atoms with van der Waals surface area (Å²) in [5.74, 6) is 0.920. The highest BCUT2D eigenvalue weighted by Gasteiger charge is 2.15. The van der Waals surface area contributed by atoms with Crippen LogP contribution in [0.1, 0.15) is 18.7 Å². The van der Waals surface area contributed by atoms with E-state index in [0.29, 0.717) is 18.1 Å². The second-order valence-corrected chi connectivity index (χ2v) is 5.40. The van der Waals surface area contributed by atoms with Crippen LogP contribution in [0.4, 0.5) is 5.69 Å². The molecule has 0 saturated heterocycles. The van der Waals surface area contributed by atoms with Crippen LogP contribution in [0.25, 0.3) is 0 Å². The Bertz CT molecular complexity index is 661. The van der Waals surface area contributed by atoms with Gasteiger partial charge in [0, 0.05) is 30.2 Å². The molecule has 5 nitrogen and oxygen atoms in total. The Hall–Kier alpha value is -1.75. The standard InChI is InChI=1S/C14H17ClN4O/c15-11-4-3-5-12(10-11)16-7-9-19-14(20)18-8-2-1-6-13(18)17-19/h3-5,10,16H,1-2,6-9H2. The smallest absolute Gasteiger partial charge is 0.345 e. The molecular formula is C14H17ClN4O. The quantitative estimate of drug-likeness (QED) is 0.939. The average molecular weight is 293 g/mol. The molecule has 3 rings (SSSR count). The monoisotopic (exact) mass is 292 g/mol. The summed E-state index contributed by atoms with van der Waals surface area (Å²) in [4.78, 5) is 12.1. The average Bonchev–Trinajstić information content (AvgIpc) is 2.76. The summed E-state index contributed by atoms with van der Waals surface area (Å²) in [6.07, 6.45) is 3.10. The zero-order valence-electron chi connectivity index (χ0n) is 11.2. The Labute approximate surface area is 122 Å². The molecule has 2 heterocycles. The van der Waals surface area contributed by atoms with E-state index in [1.165, 1.54) is 0 Å². The van der Waals surface area contributed by atoms with Crippen LogP contribution in [0.3, 0.4) is 0 Å². The van der Waals surface area contributed by atoms with Crippen LogP contribution in [-0.2, 0) is 19.5 Å². The minimum Gasteiger partial charge on any atom is -0.383 e. The largest absolute Gasteiger partial charge is 0.383 e. The molecule has 0 amide bonds. The summed E-state index contributed by atoms with van der Waals surface area (Å²) in [6, 6.07) is 7.54. The summed E-state index contributed by atoms with van der Waals surface area (Å²) >= 11 is 5.92. The van der Waals surface area contributed by atoms with Crippen molar-refractivity contribution in [2.24, 2.45) is 0 Å². The fourth-order valence-electron chi connectivity index (χ4n) is 2.50. The molecule has 1 N–H and O–H groups in total. The van der Waals surface area contributed by atoms with E-state index in [1.807, 2.05) is 24.3 Å². The van der Waals surface area contributed by atoms with Crippen molar-refractivity contribution in [1.29, 1.82) is 0 Å². The Kier molecular flexibility index (Phi) is 3.78. The molecule has 1 aromatic heterocycles. The summed E-state index contributed by atoms with van der Waals surface area (Å²) < 4.78 is 3.35. The predicted molar refractivity (Wildman–Crippen MR) is 79.4 cm³/mol. The van der Waals surface area contributed by atoms with E-state index >= 15 is 0 Å². The van der Waals surface area contributed by atoms with E-state index in [0.717, 1.165) is 37.3 Å². The predicted octanol–water partition coefficient (Wildman–Crippen LogP) is 2.15. The fourth-order valence-corrected chi connectivity index (χ4v) is 2.69. The Balaban J connectivity index is 1.64. The van der Waals surface area contributed by atoms with Crippen molar-refractivity contribution in [3.05, 3.63) is 45.6 Å². The molecule has 106 valence electrons. The number of fused-ring (bicyclic) bond motifs is 1. The van der Waals surface area contributed by atoms with E-state index < -0.39 is 0 Å². The number of nitrogens with one attached hydrogen (secondary N) is 1. The number of halogens is 1. The van der Waals surface area contributed by atoms with Crippen LogP contribution in [0.2, 0.25) is 5.02 Å². The Morgan fingerprint density at radius 2 is 2.25 bits per heavy atom. The molecule has 1 aromatic carbocycles. The summed E-state index contributed by atoms with van der Waals surface area (Å²) in [5, 5.41) is 8.35. The maximum absolute atomic E-state index is 12.1. The third-order valence-electron chi connectivity index (χ3n) is 3.51. The van der Waals surface area contributed by atoms with Crippen molar-refractivity contribution in [2.45, 2.75) is 32.4 Å². The number of hydrogen-bond acceptors (Lipinski definition) is 3. The number of aryl methyl sites for hydroxylation is 1. The van der Waals surface area contributed by atoms with Gasteiger partial charge in [-0.05, 0) is 31.0 Å². The lowest BCUT2D eigenvalue weighted by Gasteiger charge is -2.09. The molecule has 0 fully saturated rings. The number of benzene rings is 1. The van der Waals surface area contributed by atoms with Crippen molar-refractivity contribution in [1.82, 2.24) is 14.3 Å². The first-order valence-electron chi connectivity index (χ1n) is 6.90. The van der Waals surface area contributed by atoms with Crippen LogP contribution in [0.5, 0.6) is 0 Å². The van der Waals surface area contributed by atoms with Crippen LogP contribution in [0, 0.1) is 0 Å². The van der Waals surface area contributed by atoms with Gasteiger partial charge in [0.15, 0.2) is 0 Å². The highest BCUT2D eigenvalue weighted by Crippen LogP contribution is 2.14. The van der Waals surface area contributed by atoms with E-state index in [9.17, 15) is 4.79 Å². The first-order chi connectivity index (χ1) is 9.74. The third kappa shape index (κ3) is 2.72. The lowest BCUT2D eigenvalue weighted by molar-refractivity contribution is 0.511. The van der Waals surface area contributed by atoms with E-state index in [4.69, 9.17) is 11.6 Å². The Morgan fingerprint density at radius 1 is 1.35 bits per heavy atom. The van der Waals surface area contributed by atoms with Crippen molar-refractivity contribution in [3.63, 3.8) is 0 Å². The van der Waals surface area contributed by atoms with Crippen LogP contribution in [-0.4, -0.2) is 20.9 Å². The number of aromatic nitrogens is 3. The lowest BCUT2D eigenvalue weighted by atomic mass is 10.2. The van der Waals surface area contributed by atoms with Gasteiger partial charge in [0.2, 0.25) is 0 Å². The van der Waals surface area contributed by atoms with Crippen LogP contribution in [0.15, 0.2) is 29.1 Å². The second-order valence-electron chi connectivity index (χ2n) is 4.97. The van der Waals surface area contributed by atoms with E-state index in [1.54, 1.807) is 9.25 Å². The van der Waals surface area contributed by atoms with E-state index in [-0.39, 0.29) is 5.69 Å². The van der Waals surface area contributed by atoms with Gasteiger partial charge in [-0.2, -0.15) is 5.10 Å². The van der Waals surface area contributed by atoms with Gasteiger partial charge in [0.1, 0.15) is 5.82 Å². The number of anilines is 1. The third-order valence-corrected chi connectivity index (χ3v) is 3.74. The molecule has 2 aromatic rings. The van der Waals surface area contributed by atoms with Crippen molar-refractivity contribution in [3.8, 4) is 0 Å². The Morgan fingerprint density at radius 3 is 3.05 bits per heavy atom. The van der Waals surface area contributed by atoms with Crippen molar-refractivity contribution < 1.29 is 0 Å². The zero-order valence-corrected chi connectivity index (χ0v) is 11.9. The highest BCUT2D eigenvalue weighted by atomic mass is 35.5. The van der Waals surface area contributed by atoms with Gasteiger partial charge in [0.25, 0.3) is 0 Å².